The molecule has 0 fully saturated rings. The van der Waals surface area contributed by atoms with Gasteiger partial charge in [0.1, 0.15) is 5.76 Å². The zero-order valence-electron chi connectivity index (χ0n) is 11.3. The van der Waals surface area contributed by atoms with E-state index in [0.29, 0.717) is 15.6 Å². The number of halogens is 1. The van der Waals surface area contributed by atoms with Crippen LogP contribution in [0.15, 0.2) is 58.3 Å². The summed E-state index contributed by atoms with van der Waals surface area (Å²) in [6.07, 6.45) is 6.76. The molecule has 0 saturated heterocycles. The Hall–Kier alpha value is -2.44. The van der Waals surface area contributed by atoms with E-state index in [9.17, 15) is 0 Å². The highest BCUT2D eigenvalue weighted by Crippen LogP contribution is 2.25. The van der Waals surface area contributed by atoms with Crippen LogP contribution in [-0.4, -0.2) is 21.1 Å². The summed E-state index contributed by atoms with van der Waals surface area (Å²) in [5.41, 5.74) is 0.753. The molecule has 0 aliphatic carbocycles. The normalized spacial score (nSPS) is 11.7. The largest absolute Gasteiger partial charge is 0.465 e. The van der Waals surface area contributed by atoms with Gasteiger partial charge >= 0.3 is 0 Å². The Bertz CT molecular complexity index is 877. The molecular formula is C15H11ClN4OS. The van der Waals surface area contributed by atoms with Gasteiger partial charge in [-0.3, -0.25) is 0 Å². The van der Waals surface area contributed by atoms with Crippen LogP contribution in [0.25, 0.3) is 17.5 Å². The van der Waals surface area contributed by atoms with Crippen LogP contribution in [-0.2, 0) is 0 Å². The predicted octanol–water partition coefficient (Wildman–Crippen LogP) is 4.40. The third-order valence-corrected chi connectivity index (χ3v) is 3.43. The first kappa shape index (κ1) is 14.5. The van der Waals surface area contributed by atoms with Crippen LogP contribution in [0.5, 0.6) is 0 Å². The van der Waals surface area contributed by atoms with E-state index in [1.807, 2.05) is 30.3 Å². The average Bonchev–Trinajstić information content (AvgIpc) is 3.15. The molecule has 1 N–H and O–H groups in total. The maximum atomic E-state index is 6.19. The second-order valence-corrected chi connectivity index (χ2v) is 5.08. The predicted molar refractivity (Wildman–Crippen MR) is 89.5 cm³/mol. The van der Waals surface area contributed by atoms with Crippen molar-refractivity contribution >= 4 is 36.1 Å². The highest BCUT2D eigenvalue weighted by molar-refractivity contribution is 7.71. The highest BCUT2D eigenvalue weighted by atomic mass is 35.5. The molecular weight excluding hydrogens is 320 g/mol. The van der Waals surface area contributed by atoms with Crippen molar-refractivity contribution in [1.82, 2.24) is 14.9 Å². The van der Waals surface area contributed by atoms with Gasteiger partial charge in [0.2, 0.25) is 4.77 Å². The fraction of sp³-hybridized carbons (Fsp3) is 0. The molecule has 0 bridgehead atoms. The fourth-order valence-corrected chi connectivity index (χ4v) is 2.24. The molecule has 2 aromatic heterocycles. The quantitative estimate of drug-likeness (QED) is 0.569. The first-order chi connectivity index (χ1) is 10.8. The number of furan rings is 1. The van der Waals surface area contributed by atoms with E-state index in [1.54, 1.807) is 30.7 Å². The fourth-order valence-electron chi connectivity index (χ4n) is 1.84. The Balaban J connectivity index is 1.90. The van der Waals surface area contributed by atoms with Crippen molar-refractivity contribution in [3.05, 3.63) is 64.3 Å². The zero-order chi connectivity index (χ0) is 15.4. The van der Waals surface area contributed by atoms with Gasteiger partial charge in [0.05, 0.1) is 11.3 Å². The second kappa shape index (κ2) is 6.55. The van der Waals surface area contributed by atoms with Crippen LogP contribution in [0.4, 0.5) is 0 Å². The van der Waals surface area contributed by atoms with Crippen LogP contribution >= 0.6 is 23.8 Å². The number of benzene rings is 1. The minimum absolute atomic E-state index is 0.387. The Morgan fingerprint density at radius 3 is 2.91 bits per heavy atom. The SMILES string of the molecule is S=c1[nH]nc(-c2ccccc2Cl)n1/N=C\C=C\c1ccco1. The van der Waals surface area contributed by atoms with E-state index in [2.05, 4.69) is 15.3 Å². The van der Waals surface area contributed by atoms with Gasteiger partial charge in [-0.15, -0.1) is 0 Å². The van der Waals surface area contributed by atoms with E-state index in [1.165, 1.54) is 4.68 Å². The minimum Gasteiger partial charge on any atom is -0.465 e. The molecule has 0 spiro atoms. The molecule has 3 rings (SSSR count). The standard InChI is InChI=1S/C15H11ClN4OS/c16-13-8-2-1-7-12(13)14-18-19-15(22)20(14)17-9-3-5-11-6-4-10-21-11/h1-10H,(H,19,22)/b5-3+,17-9-. The molecule has 3 aromatic rings. The second-order valence-electron chi connectivity index (χ2n) is 4.28. The van der Waals surface area contributed by atoms with Crippen LogP contribution in [0.1, 0.15) is 5.76 Å². The Labute approximate surface area is 136 Å². The Morgan fingerprint density at radius 1 is 1.27 bits per heavy atom. The van der Waals surface area contributed by atoms with Crippen LogP contribution in [0.2, 0.25) is 5.02 Å². The lowest BCUT2D eigenvalue weighted by Gasteiger charge is -2.02. The average molecular weight is 331 g/mol. The Kier molecular flexibility index (Phi) is 4.32. The minimum atomic E-state index is 0.387. The number of aromatic amines is 1. The van der Waals surface area contributed by atoms with E-state index >= 15 is 0 Å². The van der Waals surface area contributed by atoms with E-state index < -0.39 is 0 Å². The highest BCUT2D eigenvalue weighted by Gasteiger charge is 2.10. The number of hydrogen-bond donors (Lipinski definition) is 1. The number of nitrogens with zero attached hydrogens (tertiary/aromatic N) is 3. The summed E-state index contributed by atoms with van der Waals surface area (Å²) >= 11 is 11.4. The summed E-state index contributed by atoms with van der Waals surface area (Å²) in [5, 5.41) is 11.8. The summed E-state index contributed by atoms with van der Waals surface area (Å²) in [6.45, 7) is 0. The lowest BCUT2D eigenvalue weighted by molar-refractivity contribution is 0.557. The molecule has 5 nitrogen and oxygen atoms in total. The maximum Gasteiger partial charge on any atom is 0.216 e. The van der Waals surface area contributed by atoms with E-state index in [-0.39, 0.29) is 0 Å². The maximum absolute atomic E-state index is 6.19. The molecule has 0 radical (unpaired) electrons. The first-order valence-corrected chi connectivity index (χ1v) is 7.21. The van der Waals surface area contributed by atoms with Gasteiger partial charge in [0, 0.05) is 11.8 Å². The van der Waals surface area contributed by atoms with Gasteiger partial charge in [0.15, 0.2) is 5.82 Å². The third-order valence-electron chi connectivity index (χ3n) is 2.84. The Morgan fingerprint density at radius 2 is 2.14 bits per heavy atom. The van der Waals surface area contributed by atoms with Gasteiger partial charge < -0.3 is 4.42 Å². The van der Waals surface area contributed by atoms with Crippen LogP contribution < -0.4 is 0 Å². The van der Waals surface area contributed by atoms with Gasteiger partial charge in [-0.05, 0) is 48.6 Å². The van der Waals surface area contributed by atoms with Gasteiger partial charge in [0.25, 0.3) is 0 Å². The molecule has 0 aliphatic rings. The molecule has 7 heteroatoms. The van der Waals surface area contributed by atoms with E-state index in [0.717, 1.165) is 11.3 Å². The number of hydrogen-bond acceptors (Lipinski definition) is 4. The molecule has 2 heterocycles. The third kappa shape index (κ3) is 3.08. The monoisotopic (exact) mass is 330 g/mol. The summed E-state index contributed by atoms with van der Waals surface area (Å²) in [6, 6.07) is 11.1. The zero-order valence-corrected chi connectivity index (χ0v) is 12.9. The van der Waals surface area contributed by atoms with Crippen LogP contribution in [0, 0.1) is 4.77 Å². The summed E-state index contributed by atoms with van der Waals surface area (Å²) < 4.78 is 7.09. The molecule has 0 aliphatic heterocycles. The van der Waals surface area contributed by atoms with Crippen LogP contribution in [0.3, 0.4) is 0 Å². The van der Waals surface area contributed by atoms with Crippen molar-refractivity contribution in [2.75, 3.05) is 0 Å². The van der Waals surface area contributed by atoms with Crippen molar-refractivity contribution in [2.24, 2.45) is 5.10 Å². The van der Waals surface area contributed by atoms with Crippen molar-refractivity contribution in [2.45, 2.75) is 0 Å². The van der Waals surface area contributed by atoms with Gasteiger partial charge in [-0.2, -0.15) is 14.9 Å². The molecule has 0 amide bonds. The molecule has 0 saturated carbocycles. The number of H-pyrrole nitrogens is 1. The summed E-state index contributed by atoms with van der Waals surface area (Å²) in [7, 11) is 0. The lowest BCUT2D eigenvalue weighted by Crippen LogP contribution is -1.94. The van der Waals surface area contributed by atoms with Crippen molar-refractivity contribution in [1.29, 1.82) is 0 Å². The first-order valence-electron chi connectivity index (χ1n) is 6.42. The molecule has 110 valence electrons. The van der Waals surface area contributed by atoms with Crippen molar-refractivity contribution in [3.8, 4) is 11.4 Å². The number of aromatic nitrogens is 3. The number of rotatable bonds is 4. The lowest BCUT2D eigenvalue weighted by atomic mass is 10.2. The van der Waals surface area contributed by atoms with Crippen molar-refractivity contribution in [3.63, 3.8) is 0 Å². The smallest absolute Gasteiger partial charge is 0.216 e. The number of nitrogens with one attached hydrogen (secondary N) is 1. The number of allylic oxidation sites excluding steroid dienone is 1. The molecule has 0 atom stereocenters. The van der Waals surface area contributed by atoms with Gasteiger partial charge in [-0.1, -0.05) is 23.7 Å². The summed E-state index contributed by atoms with van der Waals surface area (Å²) in [5.74, 6) is 1.30. The molecule has 0 unspecified atom stereocenters. The van der Waals surface area contributed by atoms with Gasteiger partial charge in [-0.25, -0.2) is 5.10 Å². The van der Waals surface area contributed by atoms with Crippen molar-refractivity contribution < 1.29 is 4.42 Å². The van der Waals surface area contributed by atoms with E-state index in [4.69, 9.17) is 28.2 Å². The summed E-state index contributed by atoms with van der Waals surface area (Å²) in [4.78, 5) is 0. The molecule has 1 aromatic carbocycles. The topological polar surface area (TPSA) is 59.1 Å². The molecule has 22 heavy (non-hydrogen) atoms.